The van der Waals surface area contributed by atoms with Crippen LogP contribution in [0.5, 0.6) is 0 Å². The molecule has 0 aliphatic rings. The van der Waals surface area contributed by atoms with Gasteiger partial charge in [0.25, 0.3) is 0 Å². The smallest absolute Gasteiger partial charge is 0.338 e. The van der Waals surface area contributed by atoms with Crippen molar-refractivity contribution in [3.8, 4) is 0 Å². The van der Waals surface area contributed by atoms with Crippen LogP contribution < -0.4 is 5.32 Å². The Kier molecular flexibility index (Phi) is 4.93. The highest BCUT2D eigenvalue weighted by molar-refractivity contribution is 5.89. The fourth-order valence-corrected chi connectivity index (χ4v) is 2.16. The molecule has 0 heterocycles. The second kappa shape index (κ2) is 6.88. The number of halogens is 1. The number of anilines is 1. The van der Waals surface area contributed by atoms with Gasteiger partial charge in [-0.3, -0.25) is 0 Å². The molecule has 1 atom stereocenters. The highest BCUT2D eigenvalue weighted by atomic mass is 19.1. The first kappa shape index (κ1) is 15.0. The average Bonchev–Trinajstić information content (AvgIpc) is 2.48. The molecule has 2 aromatic rings. The maximum atomic E-state index is 13.3. The third-order valence-corrected chi connectivity index (χ3v) is 3.32. The van der Waals surface area contributed by atoms with Gasteiger partial charge in [-0.2, -0.15) is 0 Å². The zero-order valence-electron chi connectivity index (χ0n) is 11.8. The SMILES string of the molecule is CC(CCc1ccccc1)Nc1ccc(F)c(C(=O)O)c1. The highest BCUT2D eigenvalue weighted by Crippen LogP contribution is 2.17. The van der Waals surface area contributed by atoms with E-state index in [9.17, 15) is 9.18 Å². The summed E-state index contributed by atoms with van der Waals surface area (Å²) in [5.41, 5.74) is 1.57. The minimum absolute atomic E-state index is 0.164. The standard InChI is InChI=1S/C17H18FNO2/c1-12(7-8-13-5-3-2-4-6-13)19-14-9-10-16(18)15(11-14)17(20)21/h2-6,9-12,19H,7-8H2,1H3,(H,20,21). The number of nitrogens with one attached hydrogen (secondary N) is 1. The quantitative estimate of drug-likeness (QED) is 0.845. The van der Waals surface area contributed by atoms with Gasteiger partial charge in [-0.1, -0.05) is 30.3 Å². The fourth-order valence-electron chi connectivity index (χ4n) is 2.16. The lowest BCUT2D eigenvalue weighted by atomic mass is 10.1. The van der Waals surface area contributed by atoms with Crippen molar-refractivity contribution in [2.75, 3.05) is 5.32 Å². The van der Waals surface area contributed by atoms with Crippen molar-refractivity contribution in [3.05, 3.63) is 65.5 Å². The Bertz CT molecular complexity index is 613. The molecule has 0 aliphatic heterocycles. The molecule has 0 spiro atoms. The molecule has 0 aliphatic carbocycles. The van der Waals surface area contributed by atoms with Gasteiger partial charge in [0, 0.05) is 11.7 Å². The lowest BCUT2D eigenvalue weighted by Crippen LogP contribution is -2.16. The third kappa shape index (κ3) is 4.31. The largest absolute Gasteiger partial charge is 0.478 e. The summed E-state index contributed by atoms with van der Waals surface area (Å²) in [5, 5.41) is 12.1. The first-order chi connectivity index (χ1) is 10.1. The number of carboxylic acid groups (broad SMARTS) is 1. The van der Waals surface area contributed by atoms with Gasteiger partial charge in [-0.25, -0.2) is 9.18 Å². The molecule has 1 unspecified atom stereocenters. The van der Waals surface area contributed by atoms with Gasteiger partial charge in [0.05, 0.1) is 5.56 Å². The van der Waals surface area contributed by atoms with E-state index in [0.717, 1.165) is 12.8 Å². The molecule has 0 bridgehead atoms. The van der Waals surface area contributed by atoms with Crippen LogP contribution in [0, 0.1) is 5.82 Å². The molecule has 0 aromatic heterocycles. The molecule has 2 N–H and O–H groups in total. The van der Waals surface area contributed by atoms with Crippen LogP contribution in [0.15, 0.2) is 48.5 Å². The molecule has 21 heavy (non-hydrogen) atoms. The number of benzene rings is 2. The summed E-state index contributed by atoms with van der Waals surface area (Å²) < 4.78 is 13.3. The van der Waals surface area contributed by atoms with Crippen molar-refractivity contribution in [1.29, 1.82) is 0 Å². The molecule has 0 fully saturated rings. The van der Waals surface area contributed by atoms with Crippen molar-refractivity contribution >= 4 is 11.7 Å². The lowest BCUT2D eigenvalue weighted by molar-refractivity contribution is 0.0692. The van der Waals surface area contributed by atoms with Gasteiger partial charge in [0.1, 0.15) is 5.82 Å². The van der Waals surface area contributed by atoms with Crippen LogP contribution >= 0.6 is 0 Å². The van der Waals surface area contributed by atoms with Crippen LogP contribution in [-0.2, 0) is 6.42 Å². The number of rotatable bonds is 6. The van der Waals surface area contributed by atoms with Crippen molar-refractivity contribution < 1.29 is 14.3 Å². The Morgan fingerprint density at radius 1 is 1.24 bits per heavy atom. The summed E-state index contributed by atoms with van der Waals surface area (Å²) >= 11 is 0. The first-order valence-corrected chi connectivity index (χ1v) is 6.89. The molecule has 0 saturated carbocycles. The number of carbonyl (C=O) groups is 1. The second-order valence-corrected chi connectivity index (χ2v) is 5.07. The van der Waals surface area contributed by atoms with Gasteiger partial charge in [-0.05, 0) is 43.5 Å². The van der Waals surface area contributed by atoms with E-state index in [1.807, 2.05) is 25.1 Å². The summed E-state index contributed by atoms with van der Waals surface area (Å²) in [5.74, 6) is -1.97. The van der Waals surface area contributed by atoms with Crippen molar-refractivity contribution in [2.45, 2.75) is 25.8 Å². The highest BCUT2D eigenvalue weighted by Gasteiger charge is 2.11. The Labute approximate surface area is 123 Å². The Morgan fingerprint density at radius 3 is 2.62 bits per heavy atom. The number of aromatic carboxylic acids is 1. The molecule has 110 valence electrons. The van der Waals surface area contributed by atoms with Gasteiger partial charge in [-0.15, -0.1) is 0 Å². The van der Waals surface area contributed by atoms with Crippen LogP contribution in [0.25, 0.3) is 0 Å². The molecule has 0 amide bonds. The van der Waals surface area contributed by atoms with Crippen LogP contribution in [0.4, 0.5) is 10.1 Å². The van der Waals surface area contributed by atoms with Gasteiger partial charge >= 0.3 is 5.97 Å². The normalized spacial score (nSPS) is 11.9. The predicted molar refractivity (Wildman–Crippen MR) is 81.2 cm³/mol. The molecule has 2 rings (SSSR count). The minimum atomic E-state index is -1.26. The van der Waals surface area contributed by atoms with Crippen LogP contribution in [-0.4, -0.2) is 17.1 Å². The van der Waals surface area contributed by atoms with E-state index in [0.29, 0.717) is 5.69 Å². The monoisotopic (exact) mass is 287 g/mol. The van der Waals surface area contributed by atoms with Gasteiger partial charge < -0.3 is 10.4 Å². The van der Waals surface area contributed by atoms with E-state index >= 15 is 0 Å². The zero-order valence-corrected chi connectivity index (χ0v) is 11.8. The maximum absolute atomic E-state index is 13.3. The molecule has 3 nitrogen and oxygen atoms in total. The van der Waals surface area contributed by atoms with E-state index in [-0.39, 0.29) is 11.6 Å². The molecular weight excluding hydrogens is 269 g/mol. The second-order valence-electron chi connectivity index (χ2n) is 5.07. The van der Waals surface area contributed by atoms with Crippen LogP contribution in [0.3, 0.4) is 0 Å². The average molecular weight is 287 g/mol. The fraction of sp³-hybridized carbons (Fsp3) is 0.235. The number of aryl methyl sites for hydroxylation is 1. The Morgan fingerprint density at radius 2 is 1.95 bits per heavy atom. The van der Waals surface area contributed by atoms with Gasteiger partial charge in [0.15, 0.2) is 0 Å². The molecule has 0 saturated heterocycles. The van der Waals surface area contributed by atoms with E-state index in [2.05, 4.69) is 17.4 Å². The number of hydrogen-bond donors (Lipinski definition) is 2. The summed E-state index contributed by atoms with van der Waals surface area (Å²) in [4.78, 5) is 10.9. The van der Waals surface area contributed by atoms with Crippen LogP contribution in [0.2, 0.25) is 0 Å². The van der Waals surface area contributed by atoms with Crippen LogP contribution in [0.1, 0.15) is 29.3 Å². The van der Waals surface area contributed by atoms with E-state index in [4.69, 9.17) is 5.11 Å². The van der Waals surface area contributed by atoms with Gasteiger partial charge in [0.2, 0.25) is 0 Å². The summed E-state index contributed by atoms with van der Waals surface area (Å²) in [7, 11) is 0. The summed E-state index contributed by atoms with van der Waals surface area (Å²) in [6.45, 7) is 2.02. The first-order valence-electron chi connectivity index (χ1n) is 6.89. The van der Waals surface area contributed by atoms with Crippen molar-refractivity contribution in [1.82, 2.24) is 0 Å². The van der Waals surface area contributed by atoms with E-state index < -0.39 is 11.8 Å². The zero-order chi connectivity index (χ0) is 15.2. The maximum Gasteiger partial charge on any atom is 0.338 e. The van der Waals surface area contributed by atoms with Crippen molar-refractivity contribution in [3.63, 3.8) is 0 Å². The molecule has 2 aromatic carbocycles. The topological polar surface area (TPSA) is 49.3 Å². The minimum Gasteiger partial charge on any atom is -0.478 e. The van der Waals surface area contributed by atoms with Crippen molar-refractivity contribution in [2.24, 2.45) is 0 Å². The van der Waals surface area contributed by atoms with E-state index in [1.54, 1.807) is 6.07 Å². The Balaban J connectivity index is 1.95. The number of hydrogen-bond acceptors (Lipinski definition) is 2. The predicted octanol–water partition coefficient (Wildman–Crippen LogP) is 3.96. The lowest BCUT2D eigenvalue weighted by Gasteiger charge is -2.15. The summed E-state index contributed by atoms with van der Waals surface area (Å²) in [6, 6.07) is 14.4. The summed E-state index contributed by atoms with van der Waals surface area (Å²) in [6.07, 6.45) is 1.84. The number of carboxylic acids is 1. The van der Waals surface area contributed by atoms with E-state index in [1.165, 1.54) is 17.7 Å². The molecule has 0 radical (unpaired) electrons. The molecule has 4 heteroatoms. The third-order valence-electron chi connectivity index (χ3n) is 3.32. The Hall–Kier alpha value is -2.36. The molecular formula is C17H18FNO2.